The van der Waals surface area contributed by atoms with E-state index in [0.717, 1.165) is 29.6 Å². The number of benzene rings is 1. The molecular weight excluding hydrogens is 296 g/mol. The zero-order valence-corrected chi connectivity index (χ0v) is 12.8. The number of nitrogens with zero attached hydrogens (tertiary/aromatic N) is 2. The molecule has 3 nitrogen and oxygen atoms in total. The van der Waals surface area contributed by atoms with Crippen molar-refractivity contribution in [1.82, 2.24) is 9.78 Å². The van der Waals surface area contributed by atoms with Crippen LogP contribution in [-0.2, 0) is 19.4 Å². The predicted molar refractivity (Wildman–Crippen MR) is 79.3 cm³/mol. The first-order valence-corrected chi connectivity index (χ1v) is 7.30. The van der Waals surface area contributed by atoms with Gasteiger partial charge in [-0.15, -0.1) is 0 Å². The van der Waals surface area contributed by atoms with E-state index in [0.29, 0.717) is 24.4 Å². The Kier molecular flexibility index (Phi) is 4.96. The summed E-state index contributed by atoms with van der Waals surface area (Å²) in [7, 11) is 0. The summed E-state index contributed by atoms with van der Waals surface area (Å²) in [5, 5.41) is 4.96. The molecule has 0 saturated heterocycles. The molecule has 0 aliphatic heterocycles. The second kappa shape index (κ2) is 6.54. The summed E-state index contributed by atoms with van der Waals surface area (Å²) in [5.74, 6) is -1.02. The van der Waals surface area contributed by atoms with Gasteiger partial charge in [0.25, 0.3) is 0 Å². The van der Waals surface area contributed by atoms with E-state index < -0.39 is 17.7 Å². The first kappa shape index (κ1) is 15.9. The van der Waals surface area contributed by atoms with E-state index in [9.17, 15) is 8.78 Å². The van der Waals surface area contributed by atoms with E-state index in [2.05, 4.69) is 5.10 Å². The third-order valence-electron chi connectivity index (χ3n) is 3.46. The lowest BCUT2D eigenvalue weighted by molar-refractivity contribution is 0.544. The molecule has 0 radical (unpaired) electrons. The average molecular weight is 314 g/mol. The molecule has 0 amide bonds. The quantitative estimate of drug-likeness (QED) is 0.916. The van der Waals surface area contributed by atoms with Crippen LogP contribution in [0.15, 0.2) is 18.2 Å². The van der Waals surface area contributed by atoms with Gasteiger partial charge in [0.05, 0.1) is 16.4 Å². The second-order valence-electron chi connectivity index (χ2n) is 4.85. The first-order chi connectivity index (χ1) is 9.97. The fraction of sp³-hybridized carbons (Fsp3) is 0.400. The van der Waals surface area contributed by atoms with Crippen LogP contribution in [0, 0.1) is 11.6 Å². The number of aromatic nitrogens is 2. The Labute approximate surface area is 127 Å². The Morgan fingerprint density at radius 2 is 2.05 bits per heavy atom. The number of halogens is 3. The maximum atomic E-state index is 13.8. The molecule has 2 aromatic rings. The molecule has 0 saturated carbocycles. The van der Waals surface area contributed by atoms with E-state index >= 15 is 0 Å². The lowest BCUT2D eigenvalue weighted by atomic mass is 10.0. The van der Waals surface area contributed by atoms with Crippen molar-refractivity contribution in [2.75, 3.05) is 0 Å². The van der Waals surface area contributed by atoms with E-state index in [1.807, 2.05) is 13.8 Å². The lowest BCUT2D eigenvalue weighted by Gasteiger charge is -2.14. The molecule has 1 aromatic carbocycles. The number of nitrogens with two attached hydrogens (primary N) is 1. The van der Waals surface area contributed by atoms with Crippen molar-refractivity contribution in [3.05, 3.63) is 51.8 Å². The molecule has 0 fully saturated rings. The Bertz CT molecular complexity index is 640. The van der Waals surface area contributed by atoms with Crippen molar-refractivity contribution >= 4 is 11.6 Å². The molecule has 0 aliphatic rings. The lowest BCUT2D eigenvalue weighted by Crippen LogP contribution is -2.18. The standard InChI is InChI=1S/C15H18ClF2N3/c1-3-13-15(16)14(21(4-2)20-13)8-12(19)10-7-9(17)5-6-11(10)18/h5-7,12H,3-4,8,19H2,1-2H3. The third-order valence-corrected chi connectivity index (χ3v) is 3.90. The van der Waals surface area contributed by atoms with Gasteiger partial charge < -0.3 is 5.73 Å². The van der Waals surface area contributed by atoms with Crippen molar-refractivity contribution in [3.63, 3.8) is 0 Å². The molecule has 2 rings (SSSR count). The summed E-state index contributed by atoms with van der Waals surface area (Å²) < 4.78 is 28.8. The van der Waals surface area contributed by atoms with Crippen molar-refractivity contribution in [3.8, 4) is 0 Å². The number of aryl methyl sites for hydroxylation is 2. The second-order valence-corrected chi connectivity index (χ2v) is 5.23. The molecule has 114 valence electrons. The number of hydrogen-bond donors (Lipinski definition) is 1. The molecule has 21 heavy (non-hydrogen) atoms. The van der Waals surface area contributed by atoms with Crippen LogP contribution >= 0.6 is 11.6 Å². The van der Waals surface area contributed by atoms with Gasteiger partial charge in [0.15, 0.2) is 0 Å². The van der Waals surface area contributed by atoms with Gasteiger partial charge in [-0.1, -0.05) is 18.5 Å². The third kappa shape index (κ3) is 3.24. The normalized spacial score (nSPS) is 12.7. The highest BCUT2D eigenvalue weighted by Crippen LogP contribution is 2.27. The topological polar surface area (TPSA) is 43.8 Å². The van der Waals surface area contributed by atoms with E-state index in [1.54, 1.807) is 4.68 Å². The summed E-state index contributed by atoms with van der Waals surface area (Å²) in [6.45, 7) is 4.55. The number of hydrogen-bond acceptors (Lipinski definition) is 2. The van der Waals surface area contributed by atoms with E-state index in [1.165, 1.54) is 0 Å². The van der Waals surface area contributed by atoms with Crippen LogP contribution in [0.3, 0.4) is 0 Å². The maximum Gasteiger partial charge on any atom is 0.128 e. The summed E-state index contributed by atoms with van der Waals surface area (Å²) in [6, 6.07) is 2.61. The minimum atomic E-state index is -0.676. The molecule has 2 N–H and O–H groups in total. The monoisotopic (exact) mass is 313 g/mol. The Hall–Kier alpha value is -1.46. The van der Waals surface area contributed by atoms with Crippen LogP contribution in [0.2, 0.25) is 5.02 Å². The zero-order valence-electron chi connectivity index (χ0n) is 12.0. The van der Waals surface area contributed by atoms with Gasteiger partial charge in [0.1, 0.15) is 11.6 Å². The van der Waals surface area contributed by atoms with Crippen LogP contribution in [0.5, 0.6) is 0 Å². The minimum absolute atomic E-state index is 0.146. The Balaban J connectivity index is 2.33. The van der Waals surface area contributed by atoms with Gasteiger partial charge >= 0.3 is 0 Å². The highest BCUT2D eigenvalue weighted by molar-refractivity contribution is 6.31. The zero-order chi connectivity index (χ0) is 15.6. The van der Waals surface area contributed by atoms with E-state index in [-0.39, 0.29) is 5.56 Å². The summed E-state index contributed by atoms with van der Waals surface area (Å²) >= 11 is 6.30. The van der Waals surface area contributed by atoms with Gasteiger partial charge in [0, 0.05) is 24.6 Å². The van der Waals surface area contributed by atoms with Crippen molar-refractivity contribution in [2.24, 2.45) is 5.73 Å². The maximum absolute atomic E-state index is 13.8. The van der Waals surface area contributed by atoms with Crippen LogP contribution in [-0.4, -0.2) is 9.78 Å². The SMILES string of the molecule is CCc1nn(CC)c(CC(N)c2cc(F)ccc2F)c1Cl. The fourth-order valence-electron chi connectivity index (χ4n) is 2.33. The Morgan fingerprint density at radius 1 is 1.33 bits per heavy atom. The summed E-state index contributed by atoms with van der Waals surface area (Å²) in [4.78, 5) is 0. The highest BCUT2D eigenvalue weighted by Gasteiger charge is 2.20. The molecule has 1 atom stereocenters. The summed E-state index contributed by atoms with van der Waals surface area (Å²) in [6.07, 6.45) is 1.02. The van der Waals surface area contributed by atoms with Crippen molar-refractivity contribution in [1.29, 1.82) is 0 Å². The summed E-state index contributed by atoms with van der Waals surface area (Å²) in [5.41, 5.74) is 7.73. The van der Waals surface area contributed by atoms with E-state index in [4.69, 9.17) is 17.3 Å². The Morgan fingerprint density at radius 3 is 2.67 bits per heavy atom. The smallest absolute Gasteiger partial charge is 0.128 e. The van der Waals surface area contributed by atoms with Gasteiger partial charge in [-0.2, -0.15) is 5.10 Å². The van der Waals surface area contributed by atoms with Gasteiger partial charge in [-0.3, -0.25) is 4.68 Å². The molecule has 1 heterocycles. The average Bonchev–Trinajstić information content (AvgIpc) is 2.77. The number of rotatable bonds is 5. The minimum Gasteiger partial charge on any atom is -0.324 e. The van der Waals surface area contributed by atoms with Crippen molar-refractivity contribution < 1.29 is 8.78 Å². The highest BCUT2D eigenvalue weighted by atomic mass is 35.5. The molecule has 0 aliphatic carbocycles. The van der Waals surface area contributed by atoms with Crippen LogP contribution in [0.1, 0.15) is 36.8 Å². The van der Waals surface area contributed by atoms with Crippen molar-refractivity contribution in [2.45, 2.75) is 39.3 Å². The van der Waals surface area contributed by atoms with Crippen LogP contribution in [0.4, 0.5) is 8.78 Å². The van der Waals surface area contributed by atoms with Gasteiger partial charge in [-0.05, 0) is 31.5 Å². The van der Waals surface area contributed by atoms with Gasteiger partial charge in [0.2, 0.25) is 0 Å². The molecular formula is C15H18ClF2N3. The molecule has 1 unspecified atom stereocenters. The largest absolute Gasteiger partial charge is 0.324 e. The fourth-order valence-corrected chi connectivity index (χ4v) is 2.68. The molecule has 1 aromatic heterocycles. The first-order valence-electron chi connectivity index (χ1n) is 6.92. The molecule has 0 bridgehead atoms. The van der Waals surface area contributed by atoms with Gasteiger partial charge in [-0.25, -0.2) is 8.78 Å². The van der Waals surface area contributed by atoms with Crippen LogP contribution < -0.4 is 5.73 Å². The predicted octanol–water partition coefficient (Wildman–Crippen LogP) is 3.64. The van der Waals surface area contributed by atoms with Crippen LogP contribution in [0.25, 0.3) is 0 Å². The molecule has 0 spiro atoms. The molecule has 6 heteroatoms.